The number of aromatic nitrogens is 1. The van der Waals surface area contributed by atoms with Crippen molar-refractivity contribution in [2.24, 2.45) is 7.05 Å². The first kappa shape index (κ1) is 13.1. The summed E-state index contributed by atoms with van der Waals surface area (Å²) in [5.74, 6) is -0.221. The Hall–Kier alpha value is -2.30. The van der Waals surface area contributed by atoms with E-state index in [0.717, 1.165) is 10.9 Å². The summed E-state index contributed by atoms with van der Waals surface area (Å²) in [5, 5.41) is 6.36. The second-order valence-corrected chi connectivity index (χ2v) is 4.41. The molecule has 0 aliphatic rings. The van der Waals surface area contributed by atoms with Crippen molar-refractivity contribution in [3.63, 3.8) is 0 Å². The third kappa shape index (κ3) is 2.93. The minimum absolute atomic E-state index is 0.0978. The molecule has 100 valence electrons. The molecule has 1 aromatic carbocycles. The van der Waals surface area contributed by atoms with E-state index in [1.807, 2.05) is 42.1 Å². The summed E-state index contributed by atoms with van der Waals surface area (Å²) in [6.07, 6.45) is 1.82. The predicted octanol–water partition coefficient (Wildman–Crippen LogP) is 1.04. The van der Waals surface area contributed by atoms with Crippen molar-refractivity contribution in [1.29, 1.82) is 0 Å². The zero-order chi connectivity index (χ0) is 13.8. The van der Waals surface area contributed by atoms with Crippen LogP contribution in [0, 0.1) is 0 Å². The maximum absolute atomic E-state index is 12.1. The number of carbonyl (C=O) groups is 2. The van der Waals surface area contributed by atoms with Gasteiger partial charge in [-0.1, -0.05) is 18.2 Å². The standard InChI is InChI=1S/C14H17N3O2/c1-10(18)15-7-8-16-14(19)12-9-17(2)13-6-4-3-5-11(12)13/h3-6,9H,7-8H2,1-2H3,(H,15,18)(H,16,19). The molecule has 0 saturated heterocycles. The van der Waals surface area contributed by atoms with Crippen LogP contribution < -0.4 is 10.6 Å². The van der Waals surface area contributed by atoms with Gasteiger partial charge in [0.15, 0.2) is 0 Å². The molecule has 0 spiro atoms. The van der Waals surface area contributed by atoms with Crippen LogP contribution >= 0.6 is 0 Å². The van der Waals surface area contributed by atoms with E-state index in [0.29, 0.717) is 18.7 Å². The topological polar surface area (TPSA) is 63.1 Å². The molecule has 1 heterocycles. The Kier molecular flexibility index (Phi) is 3.85. The SMILES string of the molecule is CC(=O)NCCNC(=O)c1cn(C)c2ccccc12. The van der Waals surface area contributed by atoms with Gasteiger partial charge in [0.05, 0.1) is 5.56 Å². The molecule has 2 amide bonds. The summed E-state index contributed by atoms with van der Waals surface area (Å²) in [4.78, 5) is 22.8. The zero-order valence-electron chi connectivity index (χ0n) is 11.1. The molecule has 5 heteroatoms. The van der Waals surface area contributed by atoms with Gasteiger partial charge in [-0.3, -0.25) is 9.59 Å². The van der Waals surface area contributed by atoms with Gasteiger partial charge in [-0.2, -0.15) is 0 Å². The molecule has 0 unspecified atom stereocenters. The highest BCUT2D eigenvalue weighted by Gasteiger charge is 2.12. The summed E-state index contributed by atoms with van der Waals surface area (Å²) in [5.41, 5.74) is 1.68. The summed E-state index contributed by atoms with van der Waals surface area (Å²) < 4.78 is 1.93. The van der Waals surface area contributed by atoms with Crippen molar-refractivity contribution in [1.82, 2.24) is 15.2 Å². The average molecular weight is 259 g/mol. The van der Waals surface area contributed by atoms with Crippen molar-refractivity contribution in [2.45, 2.75) is 6.92 Å². The van der Waals surface area contributed by atoms with Crippen LogP contribution in [-0.4, -0.2) is 29.5 Å². The average Bonchev–Trinajstić information content (AvgIpc) is 2.72. The number of aryl methyl sites for hydroxylation is 1. The monoisotopic (exact) mass is 259 g/mol. The third-order valence-corrected chi connectivity index (χ3v) is 2.93. The molecule has 0 fully saturated rings. The molecule has 0 radical (unpaired) electrons. The molecule has 0 aliphatic heterocycles. The maximum Gasteiger partial charge on any atom is 0.253 e. The van der Waals surface area contributed by atoms with E-state index in [9.17, 15) is 9.59 Å². The quantitative estimate of drug-likeness (QED) is 0.806. The number of amides is 2. The Morgan fingerprint density at radius 2 is 1.84 bits per heavy atom. The van der Waals surface area contributed by atoms with Crippen LogP contribution in [0.1, 0.15) is 17.3 Å². The van der Waals surface area contributed by atoms with E-state index < -0.39 is 0 Å². The summed E-state index contributed by atoms with van der Waals surface area (Å²) in [7, 11) is 1.91. The first-order valence-corrected chi connectivity index (χ1v) is 6.16. The number of hydrogen-bond acceptors (Lipinski definition) is 2. The molecule has 0 bridgehead atoms. The van der Waals surface area contributed by atoms with Gasteiger partial charge in [0.2, 0.25) is 5.91 Å². The van der Waals surface area contributed by atoms with Crippen LogP contribution in [0.15, 0.2) is 30.5 Å². The van der Waals surface area contributed by atoms with Gasteiger partial charge in [-0.05, 0) is 6.07 Å². The molecule has 2 rings (SSSR count). The second-order valence-electron chi connectivity index (χ2n) is 4.41. The van der Waals surface area contributed by atoms with Gasteiger partial charge in [-0.25, -0.2) is 0 Å². The molecule has 0 saturated carbocycles. The highest BCUT2D eigenvalue weighted by Crippen LogP contribution is 2.19. The lowest BCUT2D eigenvalue weighted by Gasteiger charge is -2.04. The van der Waals surface area contributed by atoms with Crippen LogP contribution in [0.25, 0.3) is 10.9 Å². The lowest BCUT2D eigenvalue weighted by molar-refractivity contribution is -0.118. The van der Waals surface area contributed by atoms with Gasteiger partial charge >= 0.3 is 0 Å². The minimum Gasteiger partial charge on any atom is -0.355 e. The van der Waals surface area contributed by atoms with Gasteiger partial charge < -0.3 is 15.2 Å². The number of benzene rings is 1. The Morgan fingerprint density at radius 1 is 1.16 bits per heavy atom. The number of nitrogens with one attached hydrogen (secondary N) is 2. The van der Waals surface area contributed by atoms with Gasteiger partial charge in [0, 0.05) is 44.2 Å². The van der Waals surface area contributed by atoms with E-state index in [1.165, 1.54) is 6.92 Å². The lowest BCUT2D eigenvalue weighted by Crippen LogP contribution is -2.33. The fourth-order valence-electron chi connectivity index (χ4n) is 2.03. The Bertz CT molecular complexity index is 616. The summed E-state index contributed by atoms with van der Waals surface area (Å²) >= 11 is 0. The van der Waals surface area contributed by atoms with Crippen LogP contribution in [0.5, 0.6) is 0 Å². The summed E-state index contributed by atoms with van der Waals surface area (Å²) in [6.45, 7) is 2.31. The Morgan fingerprint density at radius 3 is 2.58 bits per heavy atom. The fraction of sp³-hybridized carbons (Fsp3) is 0.286. The lowest BCUT2D eigenvalue weighted by atomic mass is 10.1. The van der Waals surface area contributed by atoms with Crippen molar-refractivity contribution >= 4 is 22.7 Å². The first-order chi connectivity index (χ1) is 9.09. The molecule has 19 heavy (non-hydrogen) atoms. The molecular weight excluding hydrogens is 242 g/mol. The summed E-state index contributed by atoms with van der Waals surface area (Å²) in [6, 6.07) is 7.76. The van der Waals surface area contributed by atoms with Crippen LogP contribution in [0.3, 0.4) is 0 Å². The van der Waals surface area contributed by atoms with Gasteiger partial charge in [-0.15, -0.1) is 0 Å². The fourth-order valence-corrected chi connectivity index (χ4v) is 2.03. The molecule has 1 aromatic heterocycles. The first-order valence-electron chi connectivity index (χ1n) is 6.16. The van der Waals surface area contributed by atoms with Crippen LogP contribution in [0.2, 0.25) is 0 Å². The predicted molar refractivity (Wildman–Crippen MR) is 73.9 cm³/mol. The molecule has 0 aliphatic carbocycles. The maximum atomic E-state index is 12.1. The van der Waals surface area contributed by atoms with Crippen LogP contribution in [-0.2, 0) is 11.8 Å². The second kappa shape index (κ2) is 5.56. The molecule has 0 atom stereocenters. The molecule has 2 aromatic rings. The highest BCUT2D eigenvalue weighted by molar-refractivity contribution is 6.06. The number of para-hydroxylation sites is 1. The van der Waals surface area contributed by atoms with Crippen molar-refractivity contribution in [3.8, 4) is 0 Å². The van der Waals surface area contributed by atoms with Crippen molar-refractivity contribution in [3.05, 3.63) is 36.0 Å². The van der Waals surface area contributed by atoms with E-state index in [1.54, 1.807) is 0 Å². The Labute approximate surface area is 111 Å². The number of carbonyl (C=O) groups excluding carboxylic acids is 2. The van der Waals surface area contributed by atoms with Crippen LogP contribution in [0.4, 0.5) is 0 Å². The zero-order valence-corrected chi connectivity index (χ0v) is 11.1. The minimum atomic E-state index is -0.123. The van der Waals surface area contributed by atoms with E-state index in [2.05, 4.69) is 10.6 Å². The largest absolute Gasteiger partial charge is 0.355 e. The highest BCUT2D eigenvalue weighted by atomic mass is 16.2. The van der Waals surface area contributed by atoms with E-state index in [-0.39, 0.29) is 11.8 Å². The number of rotatable bonds is 4. The molecular formula is C14H17N3O2. The molecule has 5 nitrogen and oxygen atoms in total. The smallest absolute Gasteiger partial charge is 0.253 e. The van der Waals surface area contributed by atoms with Gasteiger partial charge in [0.1, 0.15) is 0 Å². The Balaban J connectivity index is 2.07. The van der Waals surface area contributed by atoms with E-state index in [4.69, 9.17) is 0 Å². The van der Waals surface area contributed by atoms with Crippen molar-refractivity contribution in [2.75, 3.05) is 13.1 Å². The number of hydrogen-bond donors (Lipinski definition) is 2. The third-order valence-electron chi connectivity index (χ3n) is 2.93. The van der Waals surface area contributed by atoms with E-state index >= 15 is 0 Å². The van der Waals surface area contributed by atoms with Crippen molar-refractivity contribution < 1.29 is 9.59 Å². The normalized spacial score (nSPS) is 10.4. The number of fused-ring (bicyclic) bond motifs is 1. The molecule has 2 N–H and O–H groups in total. The number of nitrogens with zero attached hydrogens (tertiary/aromatic N) is 1. The van der Waals surface area contributed by atoms with Gasteiger partial charge in [0.25, 0.3) is 5.91 Å².